The van der Waals surface area contributed by atoms with Gasteiger partial charge in [-0.3, -0.25) is 4.79 Å². The van der Waals surface area contributed by atoms with E-state index in [1.807, 2.05) is 14.1 Å². The van der Waals surface area contributed by atoms with Gasteiger partial charge in [0, 0.05) is 19.1 Å². The molecule has 124 valence electrons. The van der Waals surface area contributed by atoms with Crippen molar-refractivity contribution < 1.29 is 4.79 Å². The summed E-state index contributed by atoms with van der Waals surface area (Å²) in [7, 11) is 6.24. The molecule has 1 amide bonds. The molecule has 1 saturated heterocycles. The molecular weight excluding hydrogens is 284 g/mol. The maximum atomic E-state index is 12.7. The fourth-order valence-corrected chi connectivity index (χ4v) is 3.16. The highest BCUT2D eigenvalue weighted by Gasteiger charge is 2.29. The van der Waals surface area contributed by atoms with E-state index in [0.717, 1.165) is 51.2 Å². The first-order valence-corrected chi connectivity index (χ1v) is 9.23. The zero-order valence-corrected chi connectivity index (χ0v) is 14.9. The lowest BCUT2D eigenvalue weighted by Gasteiger charge is -2.39. The van der Waals surface area contributed by atoms with Crippen LogP contribution in [0.1, 0.15) is 19.3 Å². The molecule has 0 unspecified atom stereocenters. The number of likely N-dealkylation sites (tertiary alicyclic amines) is 1. The Balaban J connectivity index is 2.64. The number of nitrogens with zero attached hydrogens (tertiary/aromatic N) is 3. The van der Waals surface area contributed by atoms with E-state index in [-0.39, 0.29) is 11.9 Å². The van der Waals surface area contributed by atoms with Gasteiger partial charge in [-0.2, -0.15) is 11.8 Å². The number of hydrogen-bond acceptors (Lipinski definition) is 5. The average Bonchev–Trinajstić information content (AvgIpc) is 2.46. The summed E-state index contributed by atoms with van der Waals surface area (Å²) >= 11 is 1.75. The highest BCUT2D eigenvalue weighted by molar-refractivity contribution is 7.98. The second-order valence-corrected chi connectivity index (χ2v) is 7.24. The van der Waals surface area contributed by atoms with Crippen molar-refractivity contribution in [2.24, 2.45) is 5.73 Å². The minimum absolute atomic E-state index is 0.139. The smallest absolute Gasteiger partial charge is 0.239 e. The molecule has 0 bridgehead atoms. The molecule has 0 saturated carbocycles. The van der Waals surface area contributed by atoms with Crippen LogP contribution in [0.5, 0.6) is 0 Å². The van der Waals surface area contributed by atoms with Crippen LogP contribution in [0, 0.1) is 0 Å². The van der Waals surface area contributed by atoms with Gasteiger partial charge < -0.3 is 20.4 Å². The van der Waals surface area contributed by atoms with E-state index in [0.29, 0.717) is 6.04 Å². The van der Waals surface area contributed by atoms with Crippen LogP contribution in [-0.4, -0.2) is 92.0 Å². The summed E-state index contributed by atoms with van der Waals surface area (Å²) in [5.41, 5.74) is 6.12. The van der Waals surface area contributed by atoms with Crippen LogP contribution >= 0.6 is 11.8 Å². The van der Waals surface area contributed by atoms with E-state index >= 15 is 0 Å². The van der Waals surface area contributed by atoms with Gasteiger partial charge in [-0.25, -0.2) is 0 Å². The number of likely N-dealkylation sites (N-methyl/N-ethyl adjacent to an activating group) is 1. The van der Waals surface area contributed by atoms with Gasteiger partial charge in [0.2, 0.25) is 5.91 Å². The van der Waals surface area contributed by atoms with Gasteiger partial charge in [-0.05, 0) is 65.5 Å². The summed E-state index contributed by atoms with van der Waals surface area (Å²) in [5, 5.41) is 0. The molecule has 1 rings (SSSR count). The fourth-order valence-electron chi connectivity index (χ4n) is 2.67. The number of rotatable bonds is 8. The van der Waals surface area contributed by atoms with Crippen molar-refractivity contribution in [3.8, 4) is 0 Å². The molecule has 1 atom stereocenters. The van der Waals surface area contributed by atoms with E-state index < -0.39 is 0 Å². The second-order valence-electron chi connectivity index (χ2n) is 6.26. The monoisotopic (exact) mass is 316 g/mol. The first-order chi connectivity index (χ1) is 9.95. The molecule has 5 nitrogen and oxygen atoms in total. The van der Waals surface area contributed by atoms with Crippen molar-refractivity contribution >= 4 is 17.7 Å². The normalized spacial score (nSPS) is 19.0. The number of nitrogens with two attached hydrogens (primary N) is 1. The zero-order valence-electron chi connectivity index (χ0n) is 14.0. The van der Waals surface area contributed by atoms with Crippen LogP contribution < -0.4 is 5.73 Å². The van der Waals surface area contributed by atoms with Crippen molar-refractivity contribution in [3.05, 3.63) is 0 Å². The Morgan fingerprint density at radius 1 is 1.33 bits per heavy atom. The van der Waals surface area contributed by atoms with Gasteiger partial charge in [0.25, 0.3) is 0 Å². The topological polar surface area (TPSA) is 52.8 Å². The molecule has 1 aliphatic heterocycles. The van der Waals surface area contributed by atoms with E-state index in [1.165, 1.54) is 0 Å². The quantitative estimate of drug-likeness (QED) is 0.709. The SMILES string of the molecule is CSCC[C@H](N)C(=O)N(CCN(C)C)C1CCN(C)CC1. The Morgan fingerprint density at radius 3 is 2.48 bits per heavy atom. The molecule has 0 spiro atoms. The molecule has 0 aromatic rings. The lowest BCUT2D eigenvalue weighted by atomic mass is 10.0. The average molecular weight is 317 g/mol. The van der Waals surface area contributed by atoms with E-state index in [2.05, 4.69) is 28.0 Å². The fraction of sp³-hybridized carbons (Fsp3) is 0.933. The van der Waals surface area contributed by atoms with Gasteiger partial charge in [0.1, 0.15) is 0 Å². The molecule has 0 aliphatic carbocycles. The number of amides is 1. The van der Waals surface area contributed by atoms with Crippen molar-refractivity contribution in [1.82, 2.24) is 14.7 Å². The molecule has 21 heavy (non-hydrogen) atoms. The molecule has 2 N–H and O–H groups in total. The molecular formula is C15H32N4OS. The van der Waals surface area contributed by atoms with Crippen LogP contribution in [0.3, 0.4) is 0 Å². The Morgan fingerprint density at radius 2 is 1.95 bits per heavy atom. The van der Waals surface area contributed by atoms with Crippen LogP contribution in [0.4, 0.5) is 0 Å². The summed E-state index contributed by atoms with van der Waals surface area (Å²) < 4.78 is 0. The van der Waals surface area contributed by atoms with E-state index in [4.69, 9.17) is 5.73 Å². The predicted octanol–water partition coefficient (Wildman–Crippen LogP) is 0.551. The standard InChI is InChI=1S/C15H32N4OS/c1-17(2)10-11-19(13-5-8-18(3)9-6-13)15(20)14(16)7-12-21-4/h13-14H,5-12,16H2,1-4H3/t14-/m0/s1. The Bertz CT molecular complexity index is 306. The third kappa shape index (κ3) is 6.55. The minimum Gasteiger partial charge on any atom is -0.337 e. The second kappa shape index (κ2) is 9.66. The summed E-state index contributed by atoms with van der Waals surface area (Å²) in [6, 6.07) is 0.00764. The van der Waals surface area contributed by atoms with Crippen molar-refractivity contribution in [3.63, 3.8) is 0 Å². The van der Waals surface area contributed by atoms with Gasteiger partial charge in [0.05, 0.1) is 6.04 Å². The Kier molecular flexibility index (Phi) is 8.63. The number of carbonyl (C=O) groups excluding carboxylic acids is 1. The van der Waals surface area contributed by atoms with E-state index in [9.17, 15) is 4.79 Å². The maximum Gasteiger partial charge on any atom is 0.239 e. The minimum atomic E-state index is -0.348. The highest BCUT2D eigenvalue weighted by Crippen LogP contribution is 2.17. The van der Waals surface area contributed by atoms with Crippen LogP contribution in [-0.2, 0) is 4.79 Å². The lowest BCUT2D eigenvalue weighted by Crippen LogP contribution is -2.53. The van der Waals surface area contributed by atoms with Crippen molar-refractivity contribution in [2.45, 2.75) is 31.3 Å². The predicted molar refractivity (Wildman–Crippen MR) is 91.8 cm³/mol. The first-order valence-electron chi connectivity index (χ1n) is 7.84. The molecule has 0 radical (unpaired) electrons. The molecule has 6 heteroatoms. The molecule has 1 fully saturated rings. The van der Waals surface area contributed by atoms with Gasteiger partial charge in [-0.1, -0.05) is 0 Å². The molecule has 0 aromatic heterocycles. The summed E-state index contributed by atoms with van der Waals surface area (Å²) in [4.78, 5) is 19.2. The van der Waals surface area contributed by atoms with Crippen LogP contribution in [0.2, 0.25) is 0 Å². The third-order valence-electron chi connectivity index (χ3n) is 4.15. The van der Waals surface area contributed by atoms with Gasteiger partial charge in [0.15, 0.2) is 0 Å². The Labute approximate surface area is 134 Å². The summed E-state index contributed by atoms with van der Waals surface area (Å²) in [5.74, 6) is 1.09. The van der Waals surface area contributed by atoms with E-state index in [1.54, 1.807) is 11.8 Å². The zero-order chi connectivity index (χ0) is 15.8. The highest BCUT2D eigenvalue weighted by atomic mass is 32.2. The molecule has 1 heterocycles. The maximum absolute atomic E-state index is 12.7. The largest absolute Gasteiger partial charge is 0.337 e. The van der Waals surface area contributed by atoms with Crippen molar-refractivity contribution in [2.75, 3.05) is 59.3 Å². The van der Waals surface area contributed by atoms with Gasteiger partial charge in [-0.15, -0.1) is 0 Å². The first kappa shape index (κ1) is 18.7. The van der Waals surface area contributed by atoms with Crippen LogP contribution in [0.15, 0.2) is 0 Å². The van der Waals surface area contributed by atoms with Crippen molar-refractivity contribution in [1.29, 1.82) is 0 Å². The number of thioether (sulfide) groups is 1. The number of piperidine rings is 1. The third-order valence-corrected chi connectivity index (χ3v) is 4.79. The number of hydrogen-bond donors (Lipinski definition) is 1. The van der Waals surface area contributed by atoms with Gasteiger partial charge >= 0.3 is 0 Å². The lowest BCUT2D eigenvalue weighted by molar-refractivity contribution is -0.136. The molecule has 0 aromatic carbocycles. The molecule has 1 aliphatic rings. The van der Waals surface area contributed by atoms with Crippen LogP contribution in [0.25, 0.3) is 0 Å². The number of carbonyl (C=O) groups is 1. The summed E-state index contributed by atoms with van der Waals surface area (Å²) in [6.07, 6.45) is 4.94. The Hall–Kier alpha value is -0.300. The summed E-state index contributed by atoms with van der Waals surface area (Å²) in [6.45, 7) is 3.81.